The van der Waals surface area contributed by atoms with Crippen LogP contribution < -0.4 is 5.73 Å². The SMILES string of the molecule is CCc1nn(C)c(C(=O)OCc2cc(F)cc(Br)c2)c1N. The zero-order valence-corrected chi connectivity index (χ0v) is 13.3. The largest absolute Gasteiger partial charge is 0.456 e. The molecule has 0 amide bonds. The first-order chi connectivity index (χ1) is 9.92. The van der Waals surface area contributed by atoms with Crippen LogP contribution in [0.2, 0.25) is 0 Å². The minimum Gasteiger partial charge on any atom is -0.456 e. The summed E-state index contributed by atoms with van der Waals surface area (Å²) in [7, 11) is 1.63. The Hall–Kier alpha value is -1.89. The second-order valence-corrected chi connectivity index (χ2v) is 5.46. The van der Waals surface area contributed by atoms with Crippen LogP contribution >= 0.6 is 15.9 Å². The lowest BCUT2D eigenvalue weighted by Crippen LogP contribution is -2.12. The fraction of sp³-hybridized carbons (Fsp3) is 0.286. The van der Waals surface area contributed by atoms with Crippen LogP contribution in [0.4, 0.5) is 10.1 Å². The first-order valence-corrected chi connectivity index (χ1v) is 7.15. The summed E-state index contributed by atoms with van der Waals surface area (Å²) in [6.07, 6.45) is 0.629. The van der Waals surface area contributed by atoms with Gasteiger partial charge >= 0.3 is 5.97 Å². The Morgan fingerprint density at radius 2 is 2.19 bits per heavy atom. The zero-order valence-electron chi connectivity index (χ0n) is 11.7. The maximum Gasteiger partial charge on any atom is 0.359 e. The van der Waals surface area contributed by atoms with Crippen molar-refractivity contribution >= 4 is 27.6 Å². The normalized spacial score (nSPS) is 10.7. The van der Waals surface area contributed by atoms with Gasteiger partial charge in [-0.1, -0.05) is 22.9 Å². The maximum absolute atomic E-state index is 13.2. The van der Waals surface area contributed by atoms with E-state index in [9.17, 15) is 9.18 Å². The molecule has 0 aliphatic carbocycles. The zero-order chi connectivity index (χ0) is 15.6. The molecular formula is C14H15BrFN3O2. The monoisotopic (exact) mass is 355 g/mol. The third-order valence-electron chi connectivity index (χ3n) is 2.98. The third kappa shape index (κ3) is 3.41. The number of aryl methyl sites for hydroxylation is 2. The number of carbonyl (C=O) groups excluding carboxylic acids is 1. The molecule has 7 heteroatoms. The first kappa shape index (κ1) is 15.5. The number of rotatable bonds is 4. The molecule has 0 atom stereocenters. The number of anilines is 1. The van der Waals surface area contributed by atoms with Crippen molar-refractivity contribution in [2.45, 2.75) is 20.0 Å². The van der Waals surface area contributed by atoms with Crippen molar-refractivity contribution in [1.29, 1.82) is 0 Å². The second-order valence-electron chi connectivity index (χ2n) is 4.54. The first-order valence-electron chi connectivity index (χ1n) is 6.35. The van der Waals surface area contributed by atoms with Gasteiger partial charge in [-0.25, -0.2) is 9.18 Å². The summed E-state index contributed by atoms with van der Waals surface area (Å²) in [6.45, 7) is 1.86. The number of benzene rings is 1. The standard InChI is InChI=1S/C14H15BrFN3O2/c1-3-11-12(17)13(19(2)18-11)14(20)21-7-8-4-9(15)6-10(16)5-8/h4-6H,3,7,17H2,1-2H3. The van der Waals surface area contributed by atoms with Gasteiger partial charge in [0.15, 0.2) is 5.69 Å². The number of hydrogen-bond donors (Lipinski definition) is 1. The highest BCUT2D eigenvalue weighted by molar-refractivity contribution is 9.10. The van der Waals surface area contributed by atoms with Crippen molar-refractivity contribution in [1.82, 2.24) is 9.78 Å². The highest BCUT2D eigenvalue weighted by atomic mass is 79.9. The number of nitrogens with two attached hydrogens (primary N) is 1. The van der Waals surface area contributed by atoms with Crippen LogP contribution in [-0.4, -0.2) is 15.7 Å². The lowest BCUT2D eigenvalue weighted by molar-refractivity contribution is 0.0460. The van der Waals surface area contributed by atoms with Gasteiger partial charge in [-0.05, 0) is 30.2 Å². The Morgan fingerprint density at radius 1 is 1.48 bits per heavy atom. The fourth-order valence-electron chi connectivity index (χ4n) is 2.01. The van der Waals surface area contributed by atoms with Crippen LogP contribution in [0.15, 0.2) is 22.7 Å². The van der Waals surface area contributed by atoms with Crippen molar-refractivity contribution in [2.75, 3.05) is 5.73 Å². The van der Waals surface area contributed by atoms with Gasteiger partial charge in [-0.2, -0.15) is 5.10 Å². The van der Waals surface area contributed by atoms with E-state index in [0.717, 1.165) is 0 Å². The fourth-order valence-corrected chi connectivity index (χ4v) is 2.52. The van der Waals surface area contributed by atoms with E-state index in [1.807, 2.05) is 6.92 Å². The molecule has 2 aromatic rings. The van der Waals surface area contributed by atoms with E-state index in [0.29, 0.717) is 27.8 Å². The molecule has 0 saturated heterocycles. The third-order valence-corrected chi connectivity index (χ3v) is 3.44. The Kier molecular flexibility index (Phi) is 4.62. The van der Waals surface area contributed by atoms with Crippen LogP contribution in [0.1, 0.15) is 28.7 Å². The molecule has 2 N–H and O–H groups in total. The average Bonchev–Trinajstić information content (AvgIpc) is 2.69. The number of nitrogen functional groups attached to an aromatic ring is 1. The van der Waals surface area contributed by atoms with Crippen molar-refractivity contribution < 1.29 is 13.9 Å². The molecule has 0 unspecified atom stereocenters. The number of nitrogens with zero attached hydrogens (tertiary/aromatic N) is 2. The van der Waals surface area contributed by atoms with Gasteiger partial charge in [0.2, 0.25) is 0 Å². The summed E-state index contributed by atoms with van der Waals surface area (Å²) in [4.78, 5) is 12.1. The summed E-state index contributed by atoms with van der Waals surface area (Å²) >= 11 is 3.19. The number of halogens is 2. The van der Waals surface area contributed by atoms with E-state index in [4.69, 9.17) is 10.5 Å². The Bertz CT molecular complexity index is 665. The highest BCUT2D eigenvalue weighted by Gasteiger charge is 2.20. The minimum atomic E-state index is -0.581. The quantitative estimate of drug-likeness (QED) is 0.856. The van der Waals surface area contributed by atoms with Gasteiger partial charge < -0.3 is 10.5 Å². The summed E-state index contributed by atoms with van der Waals surface area (Å²) in [6, 6.07) is 4.32. The van der Waals surface area contributed by atoms with Crippen molar-refractivity contribution in [3.05, 3.63) is 45.4 Å². The average molecular weight is 356 g/mol. The van der Waals surface area contributed by atoms with Crippen molar-refractivity contribution in [2.24, 2.45) is 7.05 Å². The number of esters is 1. The molecule has 1 heterocycles. The van der Waals surface area contributed by atoms with Crippen LogP contribution in [0.25, 0.3) is 0 Å². The van der Waals surface area contributed by atoms with Crippen LogP contribution in [0.3, 0.4) is 0 Å². The summed E-state index contributed by atoms with van der Waals surface area (Å²) in [5.74, 6) is -0.980. The smallest absolute Gasteiger partial charge is 0.359 e. The molecule has 1 aromatic heterocycles. The summed E-state index contributed by atoms with van der Waals surface area (Å²) < 4.78 is 20.4. The molecule has 5 nitrogen and oxygen atoms in total. The molecule has 0 spiro atoms. The van der Waals surface area contributed by atoms with Crippen LogP contribution in [0.5, 0.6) is 0 Å². The number of ether oxygens (including phenoxy) is 1. The molecule has 0 radical (unpaired) electrons. The molecule has 1 aromatic carbocycles. The minimum absolute atomic E-state index is 0.0404. The number of carbonyl (C=O) groups is 1. The van der Waals surface area contributed by atoms with Gasteiger partial charge in [-0.3, -0.25) is 4.68 Å². The van der Waals surface area contributed by atoms with Crippen molar-refractivity contribution in [3.63, 3.8) is 0 Å². The van der Waals surface area contributed by atoms with Gasteiger partial charge in [0.05, 0.1) is 11.4 Å². The molecule has 0 fully saturated rings. The van der Waals surface area contributed by atoms with E-state index in [-0.39, 0.29) is 12.3 Å². The second kappa shape index (κ2) is 6.26. The molecular weight excluding hydrogens is 341 g/mol. The molecule has 21 heavy (non-hydrogen) atoms. The van der Waals surface area contributed by atoms with Gasteiger partial charge in [0.25, 0.3) is 0 Å². The maximum atomic E-state index is 13.2. The topological polar surface area (TPSA) is 70.1 Å². The Morgan fingerprint density at radius 3 is 2.76 bits per heavy atom. The molecule has 0 bridgehead atoms. The number of hydrogen-bond acceptors (Lipinski definition) is 4. The van der Waals surface area contributed by atoms with E-state index < -0.39 is 11.8 Å². The van der Waals surface area contributed by atoms with E-state index in [2.05, 4.69) is 21.0 Å². The molecule has 0 saturated carbocycles. The van der Waals surface area contributed by atoms with Crippen LogP contribution in [0, 0.1) is 5.82 Å². The molecule has 2 rings (SSSR count). The van der Waals surface area contributed by atoms with E-state index >= 15 is 0 Å². The Labute approximate surface area is 130 Å². The predicted octanol–water partition coefficient (Wildman–Crippen LogP) is 2.82. The Balaban J connectivity index is 2.13. The van der Waals surface area contributed by atoms with Gasteiger partial charge in [0.1, 0.15) is 12.4 Å². The lowest BCUT2D eigenvalue weighted by atomic mass is 10.2. The van der Waals surface area contributed by atoms with Crippen LogP contribution in [-0.2, 0) is 24.8 Å². The molecule has 0 aliphatic heterocycles. The highest BCUT2D eigenvalue weighted by Crippen LogP contribution is 2.20. The van der Waals surface area contributed by atoms with Gasteiger partial charge in [-0.15, -0.1) is 0 Å². The van der Waals surface area contributed by atoms with E-state index in [1.54, 1.807) is 13.1 Å². The van der Waals surface area contributed by atoms with Crippen molar-refractivity contribution in [3.8, 4) is 0 Å². The van der Waals surface area contributed by atoms with Gasteiger partial charge in [0, 0.05) is 11.5 Å². The van der Waals surface area contributed by atoms with E-state index in [1.165, 1.54) is 16.8 Å². The summed E-state index contributed by atoms with van der Waals surface area (Å²) in [5, 5.41) is 4.16. The molecule has 112 valence electrons. The lowest BCUT2D eigenvalue weighted by Gasteiger charge is -2.06. The molecule has 0 aliphatic rings. The summed E-state index contributed by atoms with van der Waals surface area (Å²) in [5.41, 5.74) is 7.61. The number of aromatic nitrogens is 2. The predicted molar refractivity (Wildman–Crippen MR) is 80.2 cm³/mol.